The first-order valence-electron chi connectivity index (χ1n) is 22.2. The first kappa shape index (κ1) is 36.9. The molecule has 0 saturated carbocycles. The molecule has 2 heterocycles. The summed E-state index contributed by atoms with van der Waals surface area (Å²) in [5, 5.41) is 9.57. The lowest BCUT2D eigenvalue weighted by atomic mass is 9.98. The monoisotopic (exact) mass is 828 g/mol. The van der Waals surface area contributed by atoms with Crippen molar-refractivity contribution >= 4 is 82.4 Å². The highest BCUT2D eigenvalue weighted by molar-refractivity contribution is 6.23. The fourth-order valence-electron chi connectivity index (χ4n) is 10.1. The van der Waals surface area contributed by atoms with Gasteiger partial charge in [-0.2, -0.15) is 0 Å². The molecule has 2 aromatic heterocycles. The number of anilines is 3. The molecule has 11 aromatic carbocycles. The standard InChI is InChI=1S/C62H40N2O/c1-2-13-41(14-3-1)43-29-34-49(35-30-43)63(59-40-48-16-5-7-19-52(48)61-54-21-9-11-24-60(54)65-62(59)61)50-36-31-44(32-37-50)42-25-27-45(28-26-42)47-33-38-58-55(39-47)53-20-8-10-22-57(53)64(58)56-23-12-17-46-15-4-6-18-51(46)56/h1-40H. The Bertz CT molecular complexity index is 3910. The lowest BCUT2D eigenvalue weighted by Crippen LogP contribution is -2.10. The van der Waals surface area contributed by atoms with Gasteiger partial charge in [0.2, 0.25) is 0 Å². The minimum atomic E-state index is 0.869. The maximum Gasteiger partial charge on any atom is 0.160 e. The minimum absolute atomic E-state index is 0.869. The molecular formula is C62H40N2O. The Balaban J connectivity index is 0.881. The molecule has 0 atom stereocenters. The zero-order chi connectivity index (χ0) is 42.8. The molecule has 0 amide bonds. The lowest BCUT2D eigenvalue weighted by Gasteiger charge is -2.26. The molecule has 3 nitrogen and oxygen atoms in total. The quantitative estimate of drug-likeness (QED) is 0.160. The first-order valence-corrected chi connectivity index (χ1v) is 22.2. The summed E-state index contributed by atoms with van der Waals surface area (Å²) in [7, 11) is 0. The van der Waals surface area contributed by atoms with Crippen molar-refractivity contribution in [1.82, 2.24) is 4.57 Å². The molecule has 0 fully saturated rings. The van der Waals surface area contributed by atoms with Gasteiger partial charge in [0.25, 0.3) is 0 Å². The molecule has 13 aromatic rings. The predicted octanol–water partition coefficient (Wildman–Crippen LogP) is 17.5. The molecule has 0 saturated heterocycles. The third-order valence-electron chi connectivity index (χ3n) is 13.2. The molecular weight excluding hydrogens is 789 g/mol. The fourth-order valence-corrected chi connectivity index (χ4v) is 10.1. The topological polar surface area (TPSA) is 21.3 Å². The zero-order valence-electron chi connectivity index (χ0n) is 35.4. The minimum Gasteiger partial charge on any atom is -0.454 e. The van der Waals surface area contributed by atoms with Crippen LogP contribution in [0.1, 0.15) is 0 Å². The van der Waals surface area contributed by atoms with Crippen LogP contribution in [0.4, 0.5) is 17.1 Å². The van der Waals surface area contributed by atoms with Gasteiger partial charge in [-0.25, -0.2) is 0 Å². The summed E-state index contributed by atoms with van der Waals surface area (Å²) in [6.45, 7) is 0. The van der Waals surface area contributed by atoms with Gasteiger partial charge in [-0.05, 0) is 110 Å². The highest BCUT2D eigenvalue weighted by atomic mass is 16.3. The smallest absolute Gasteiger partial charge is 0.160 e. The number of para-hydroxylation sites is 2. The van der Waals surface area contributed by atoms with Crippen molar-refractivity contribution in [2.75, 3.05) is 4.90 Å². The average Bonchev–Trinajstić information content (AvgIpc) is 3.94. The third kappa shape index (κ3) is 6.12. The molecule has 304 valence electrons. The normalized spacial score (nSPS) is 11.7. The molecule has 0 radical (unpaired) electrons. The van der Waals surface area contributed by atoms with Crippen LogP contribution in [0.25, 0.3) is 104 Å². The summed E-state index contributed by atoms with van der Waals surface area (Å²) in [6, 6.07) is 87.5. The van der Waals surface area contributed by atoms with E-state index in [1.165, 1.54) is 71.3 Å². The van der Waals surface area contributed by atoms with Gasteiger partial charge in [-0.3, -0.25) is 0 Å². The van der Waals surface area contributed by atoms with Gasteiger partial charge in [-0.1, -0.05) is 182 Å². The van der Waals surface area contributed by atoms with E-state index >= 15 is 0 Å². The van der Waals surface area contributed by atoms with E-state index in [2.05, 4.69) is 246 Å². The van der Waals surface area contributed by atoms with Crippen LogP contribution in [-0.4, -0.2) is 4.57 Å². The first-order chi connectivity index (χ1) is 32.2. The van der Waals surface area contributed by atoms with Crippen molar-refractivity contribution in [2.45, 2.75) is 0 Å². The van der Waals surface area contributed by atoms with Gasteiger partial charge in [0.1, 0.15) is 5.58 Å². The maximum absolute atomic E-state index is 6.79. The van der Waals surface area contributed by atoms with Gasteiger partial charge < -0.3 is 13.9 Å². The van der Waals surface area contributed by atoms with Gasteiger partial charge in [-0.15, -0.1) is 0 Å². The van der Waals surface area contributed by atoms with Gasteiger partial charge >= 0.3 is 0 Å². The van der Waals surface area contributed by atoms with Gasteiger partial charge in [0.05, 0.1) is 22.4 Å². The van der Waals surface area contributed by atoms with Crippen LogP contribution in [0, 0.1) is 0 Å². The van der Waals surface area contributed by atoms with E-state index in [0.717, 1.165) is 50.1 Å². The van der Waals surface area contributed by atoms with Crippen molar-refractivity contribution in [3.63, 3.8) is 0 Å². The van der Waals surface area contributed by atoms with E-state index in [9.17, 15) is 0 Å². The highest BCUT2D eigenvalue weighted by Gasteiger charge is 2.22. The van der Waals surface area contributed by atoms with Crippen molar-refractivity contribution in [2.24, 2.45) is 0 Å². The van der Waals surface area contributed by atoms with Crippen molar-refractivity contribution in [3.8, 4) is 39.1 Å². The van der Waals surface area contributed by atoms with E-state index in [1.54, 1.807) is 0 Å². The van der Waals surface area contributed by atoms with Crippen LogP contribution in [0.5, 0.6) is 0 Å². The maximum atomic E-state index is 6.79. The van der Waals surface area contributed by atoms with Crippen LogP contribution in [0.15, 0.2) is 247 Å². The second-order valence-corrected chi connectivity index (χ2v) is 16.9. The fraction of sp³-hybridized carbons (Fsp3) is 0. The highest BCUT2D eigenvalue weighted by Crippen LogP contribution is 2.46. The van der Waals surface area contributed by atoms with Crippen molar-refractivity contribution < 1.29 is 4.42 Å². The van der Waals surface area contributed by atoms with E-state index in [-0.39, 0.29) is 0 Å². The number of hydrogen-bond donors (Lipinski definition) is 0. The van der Waals surface area contributed by atoms with Gasteiger partial charge in [0, 0.05) is 38.3 Å². The number of benzene rings is 11. The summed E-state index contributed by atoms with van der Waals surface area (Å²) in [5.74, 6) is 0. The molecule has 0 N–H and O–H groups in total. The van der Waals surface area contributed by atoms with Crippen molar-refractivity contribution in [3.05, 3.63) is 243 Å². The Kier molecular flexibility index (Phi) is 8.53. The van der Waals surface area contributed by atoms with Crippen LogP contribution in [0.3, 0.4) is 0 Å². The molecule has 3 heteroatoms. The average molecular weight is 829 g/mol. The molecule has 0 aliphatic rings. The summed E-state index contributed by atoms with van der Waals surface area (Å²) < 4.78 is 9.21. The van der Waals surface area contributed by atoms with Crippen LogP contribution in [-0.2, 0) is 0 Å². The number of furan rings is 1. The summed E-state index contributed by atoms with van der Waals surface area (Å²) in [6.07, 6.45) is 0. The largest absolute Gasteiger partial charge is 0.454 e. The Hall–Kier alpha value is -8.66. The second-order valence-electron chi connectivity index (χ2n) is 16.9. The number of fused-ring (bicyclic) bond motifs is 9. The second kappa shape index (κ2) is 15.0. The van der Waals surface area contributed by atoms with E-state index in [0.29, 0.717) is 0 Å². The zero-order valence-corrected chi connectivity index (χ0v) is 35.4. The summed E-state index contributed by atoms with van der Waals surface area (Å²) >= 11 is 0. The summed E-state index contributed by atoms with van der Waals surface area (Å²) in [5.41, 5.74) is 15.5. The molecule has 0 aliphatic heterocycles. The van der Waals surface area contributed by atoms with E-state index in [1.807, 2.05) is 6.07 Å². The third-order valence-corrected chi connectivity index (χ3v) is 13.2. The number of rotatable bonds is 7. The van der Waals surface area contributed by atoms with Crippen LogP contribution in [0.2, 0.25) is 0 Å². The van der Waals surface area contributed by atoms with E-state index < -0.39 is 0 Å². The molecule has 0 unspecified atom stereocenters. The van der Waals surface area contributed by atoms with Crippen LogP contribution >= 0.6 is 0 Å². The lowest BCUT2D eigenvalue weighted by molar-refractivity contribution is 0.669. The number of nitrogens with zero attached hydrogens (tertiary/aromatic N) is 2. The molecule has 13 rings (SSSR count). The molecule has 0 aliphatic carbocycles. The Morgan fingerprint density at radius 1 is 0.323 bits per heavy atom. The van der Waals surface area contributed by atoms with E-state index in [4.69, 9.17) is 4.42 Å². The molecule has 65 heavy (non-hydrogen) atoms. The van der Waals surface area contributed by atoms with Gasteiger partial charge in [0.15, 0.2) is 5.58 Å². The SMILES string of the molecule is c1ccc(-c2ccc(N(c3ccc(-c4ccc(-c5ccc6c(c5)c5ccccc5n6-c5cccc6ccccc56)cc4)cc3)c3cc4ccccc4c4c3oc3ccccc34)cc2)cc1. The number of hydrogen-bond acceptors (Lipinski definition) is 2. The Morgan fingerprint density at radius 2 is 0.831 bits per heavy atom. The molecule has 0 spiro atoms. The summed E-state index contributed by atoms with van der Waals surface area (Å²) in [4.78, 5) is 2.34. The predicted molar refractivity (Wildman–Crippen MR) is 274 cm³/mol. The van der Waals surface area contributed by atoms with Crippen molar-refractivity contribution in [1.29, 1.82) is 0 Å². The molecule has 0 bridgehead atoms. The number of aromatic nitrogens is 1. The Labute approximate surface area is 376 Å². The van der Waals surface area contributed by atoms with Crippen LogP contribution < -0.4 is 4.90 Å². The Morgan fingerprint density at radius 3 is 1.55 bits per heavy atom.